The highest BCUT2D eigenvalue weighted by Gasteiger charge is 2.20. The van der Waals surface area contributed by atoms with Crippen LogP contribution in [0, 0.1) is 6.92 Å². The number of carbonyl (C=O) groups is 1. The zero-order valence-electron chi connectivity index (χ0n) is 18.8. The number of rotatable bonds is 7. The maximum Gasteiger partial charge on any atom is 0.272 e. The summed E-state index contributed by atoms with van der Waals surface area (Å²) in [6.07, 6.45) is 2.51. The second kappa shape index (κ2) is 9.54. The van der Waals surface area contributed by atoms with Crippen LogP contribution in [0.4, 0.5) is 0 Å². The van der Waals surface area contributed by atoms with Gasteiger partial charge >= 0.3 is 0 Å². The van der Waals surface area contributed by atoms with E-state index in [1.165, 1.54) is 5.56 Å². The van der Waals surface area contributed by atoms with E-state index in [0.717, 1.165) is 54.2 Å². The lowest BCUT2D eigenvalue weighted by molar-refractivity contribution is 0.0836. The quantitative estimate of drug-likeness (QED) is 0.455. The van der Waals surface area contributed by atoms with Crippen LogP contribution in [0.5, 0.6) is 0 Å². The smallest absolute Gasteiger partial charge is 0.272 e. The maximum absolute atomic E-state index is 13.0. The second-order valence-electron chi connectivity index (χ2n) is 8.56. The van der Waals surface area contributed by atoms with E-state index in [1.807, 2.05) is 28.9 Å². The molecule has 4 aromatic rings. The fourth-order valence-electron chi connectivity index (χ4n) is 4.24. The zero-order valence-corrected chi connectivity index (χ0v) is 18.8. The fourth-order valence-corrected chi connectivity index (χ4v) is 4.24. The van der Waals surface area contributed by atoms with E-state index in [-0.39, 0.29) is 5.91 Å². The molecule has 0 unspecified atom stereocenters. The molecule has 0 bridgehead atoms. The first-order valence-electron chi connectivity index (χ1n) is 11.5. The van der Waals surface area contributed by atoms with Crippen LogP contribution in [-0.2, 0) is 17.7 Å². The molecule has 5 rings (SSSR count). The number of aryl methyl sites for hydroxylation is 1. The minimum Gasteiger partial charge on any atom is -0.381 e. The van der Waals surface area contributed by atoms with Crippen LogP contribution in [-0.4, -0.2) is 50.6 Å². The van der Waals surface area contributed by atoms with Crippen molar-refractivity contribution in [3.05, 3.63) is 77.0 Å². The summed E-state index contributed by atoms with van der Waals surface area (Å²) in [5, 5.41) is 17.0. The minimum absolute atomic E-state index is 0.182. The Hall–Kier alpha value is -3.52. The molecule has 1 saturated heterocycles. The number of carbonyl (C=O) groups excluding carboxylic acids is 1. The van der Waals surface area contributed by atoms with Crippen molar-refractivity contribution in [1.29, 1.82) is 0 Å². The minimum atomic E-state index is -0.182. The number of aromatic nitrogens is 5. The van der Waals surface area contributed by atoms with Crippen molar-refractivity contribution >= 4 is 16.8 Å². The molecule has 1 aliphatic rings. The van der Waals surface area contributed by atoms with Crippen molar-refractivity contribution in [2.24, 2.45) is 0 Å². The molecule has 33 heavy (non-hydrogen) atoms. The molecule has 1 fully saturated rings. The SMILES string of the molecule is Cc1ccc(Cn2nc(C(=O)NCCc3nnc(C4CCOCC4)[nH]3)c3ccccc32)cc1. The maximum atomic E-state index is 13.0. The number of para-hydroxylation sites is 1. The van der Waals surface area contributed by atoms with Gasteiger partial charge in [0.2, 0.25) is 0 Å². The highest BCUT2D eigenvalue weighted by atomic mass is 16.5. The van der Waals surface area contributed by atoms with Crippen molar-refractivity contribution in [1.82, 2.24) is 30.3 Å². The lowest BCUT2D eigenvalue weighted by Gasteiger charge is -2.19. The van der Waals surface area contributed by atoms with Gasteiger partial charge in [0.05, 0.1) is 12.1 Å². The number of fused-ring (bicyclic) bond motifs is 1. The first kappa shape index (κ1) is 21.3. The van der Waals surface area contributed by atoms with Gasteiger partial charge in [0.15, 0.2) is 5.69 Å². The Balaban J connectivity index is 1.25. The number of nitrogens with zero attached hydrogens (tertiary/aromatic N) is 4. The summed E-state index contributed by atoms with van der Waals surface area (Å²) in [6, 6.07) is 16.2. The van der Waals surface area contributed by atoms with Crippen molar-refractivity contribution in [3.63, 3.8) is 0 Å². The summed E-state index contributed by atoms with van der Waals surface area (Å²) in [4.78, 5) is 16.3. The zero-order chi connectivity index (χ0) is 22.6. The van der Waals surface area contributed by atoms with Gasteiger partial charge in [-0.3, -0.25) is 9.48 Å². The predicted octanol–water partition coefficient (Wildman–Crippen LogP) is 3.38. The van der Waals surface area contributed by atoms with E-state index >= 15 is 0 Å². The van der Waals surface area contributed by atoms with E-state index in [2.05, 4.69) is 56.8 Å². The first-order valence-corrected chi connectivity index (χ1v) is 11.5. The molecule has 0 radical (unpaired) electrons. The summed E-state index contributed by atoms with van der Waals surface area (Å²) in [6.45, 7) is 4.67. The van der Waals surface area contributed by atoms with Crippen LogP contribution in [0.1, 0.15) is 52.0 Å². The Morgan fingerprint density at radius 1 is 1.12 bits per heavy atom. The Bertz CT molecular complexity index is 1240. The molecule has 8 nitrogen and oxygen atoms in total. The number of benzene rings is 2. The molecular weight excluding hydrogens is 416 g/mol. The van der Waals surface area contributed by atoms with Gasteiger partial charge in [-0.25, -0.2) is 0 Å². The number of H-pyrrole nitrogens is 1. The van der Waals surface area contributed by atoms with Crippen LogP contribution in [0.3, 0.4) is 0 Å². The lowest BCUT2D eigenvalue weighted by atomic mass is 10.00. The van der Waals surface area contributed by atoms with Gasteiger partial charge < -0.3 is 15.0 Å². The average Bonchev–Trinajstić information content (AvgIpc) is 3.47. The molecule has 0 saturated carbocycles. The molecule has 8 heteroatoms. The van der Waals surface area contributed by atoms with Gasteiger partial charge in [0.1, 0.15) is 11.6 Å². The van der Waals surface area contributed by atoms with Gasteiger partial charge in [0, 0.05) is 37.5 Å². The van der Waals surface area contributed by atoms with E-state index in [1.54, 1.807) is 0 Å². The van der Waals surface area contributed by atoms with Crippen LogP contribution in [0.2, 0.25) is 0 Å². The molecule has 3 heterocycles. The molecule has 2 aromatic carbocycles. The number of ether oxygens (including phenoxy) is 1. The molecule has 0 aliphatic carbocycles. The molecule has 1 aliphatic heterocycles. The Labute approximate surface area is 192 Å². The summed E-state index contributed by atoms with van der Waals surface area (Å²) in [5.41, 5.74) is 3.75. The first-order chi connectivity index (χ1) is 16.2. The molecule has 1 amide bonds. The van der Waals surface area contributed by atoms with Gasteiger partial charge in [-0.05, 0) is 31.4 Å². The average molecular weight is 445 g/mol. The number of amides is 1. The standard InChI is InChI=1S/C25H28N6O2/c1-17-6-8-18(9-7-17)16-31-21-5-3-2-4-20(21)23(30-31)25(32)26-13-10-22-27-24(29-28-22)19-11-14-33-15-12-19/h2-9,19H,10-16H2,1H3,(H,26,32)(H,27,28,29). The third-order valence-electron chi connectivity index (χ3n) is 6.13. The molecule has 0 atom stereocenters. The summed E-state index contributed by atoms with van der Waals surface area (Å²) in [7, 11) is 0. The number of aromatic amines is 1. The van der Waals surface area contributed by atoms with Crippen LogP contribution >= 0.6 is 0 Å². The van der Waals surface area contributed by atoms with Gasteiger partial charge in [-0.15, -0.1) is 10.2 Å². The molecule has 170 valence electrons. The summed E-state index contributed by atoms with van der Waals surface area (Å²) < 4.78 is 7.31. The molecule has 2 N–H and O–H groups in total. The monoisotopic (exact) mass is 444 g/mol. The third kappa shape index (κ3) is 4.80. The van der Waals surface area contributed by atoms with Crippen LogP contribution in [0.15, 0.2) is 48.5 Å². The van der Waals surface area contributed by atoms with Gasteiger partial charge in [0.25, 0.3) is 5.91 Å². The fraction of sp³-hybridized carbons (Fsp3) is 0.360. The molecule has 0 spiro atoms. The lowest BCUT2D eigenvalue weighted by Crippen LogP contribution is -2.26. The van der Waals surface area contributed by atoms with E-state index < -0.39 is 0 Å². The van der Waals surface area contributed by atoms with Crippen molar-refractivity contribution < 1.29 is 9.53 Å². The Kier molecular flexibility index (Phi) is 6.17. The Morgan fingerprint density at radius 3 is 2.73 bits per heavy atom. The molecular formula is C25H28N6O2. The van der Waals surface area contributed by atoms with E-state index in [9.17, 15) is 4.79 Å². The van der Waals surface area contributed by atoms with Crippen LogP contribution < -0.4 is 5.32 Å². The van der Waals surface area contributed by atoms with Crippen molar-refractivity contribution in [2.75, 3.05) is 19.8 Å². The van der Waals surface area contributed by atoms with Gasteiger partial charge in [-0.1, -0.05) is 48.0 Å². The summed E-state index contributed by atoms with van der Waals surface area (Å²) in [5.74, 6) is 1.89. The van der Waals surface area contributed by atoms with Crippen molar-refractivity contribution in [3.8, 4) is 0 Å². The highest BCUT2D eigenvalue weighted by Crippen LogP contribution is 2.24. The second-order valence-corrected chi connectivity index (χ2v) is 8.56. The number of nitrogens with one attached hydrogen (secondary N) is 2. The summed E-state index contributed by atoms with van der Waals surface area (Å²) >= 11 is 0. The van der Waals surface area contributed by atoms with E-state index in [4.69, 9.17) is 4.74 Å². The topological polar surface area (TPSA) is 97.7 Å². The van der Waals surface area contributed by atoms with Gasteiger partial charge in [-0.2, -0.15) is 5.10 Å². The van der Waals surface area contributed by atoms with E-state index in [0.29, 0.717) is 31.1 Å². The normalized spacial score (nSPS) is 14.6. The largest absolute Gasteiger partial charge is 0.381 e. The molecule has 2 aromatic heterocycles. The number of hydrogen-bond acceptors (Lipinski definition) is 5. The third-order valence-corrected chi connectivity index (χ3v) is 6.13. The Morgan fingerprint density at radius 2 is 1.91 bits per heavy atom. The van der Waals surface area contributed by atoms with Crippen LogP contribution in [0.25, 0.3) is 10.9 Å². The predicted molar refractivity (Wildman–Crippen MR) is 125 cm³/mol. The van der Waals surface area contributed by atoms with Crippen molar-refractivity contribution in [2.45, 2.75) is 38.6 Å². The number of hydrogen-bond donors (Lipinski definition) is 2. The highest BCUT2D eigenvalue weighted by molar-refractivity contribution is 6.04.